The lowest BCUT2D eigenvalue weighted by atomic mass is 10.2. The molecular formula is C20H18F3N5OS. The highest BCUT2D eigenvalue weighted by Crippen LogP contribution is 2.34. The Labute approximate surface area is 175 Å². The molecule has 0 fully saturated rings. The molecule has 0 radical (unpaired) electrons. The first-order valence-corrected chi connectivity index (χ1v) is 9.21. The van der Waals surface area contributed by atoms with Crippen LogP contribution < -0.4 is 16.3 Å². The van der Waals surface area contributed by atoms with Gasteiger partial charge >= 0.3 is 6.18 Å². The van der Waals surface area contributed by atoms with Gasteiger partial charge in [-0.2, -0.15) is 18.3 Å². The van der Waals surface area contributed by atoms with Crippen LogP contribution in [0.4, 0.5) is 18.9 Å². The van der Waals surface area contributed by atoms with E-state index in [9.17, 15) is 18.0 Å². The Morgan fingerprint density at radius 2 is 1.73 bits per heavy atom. The first-order chi connectivity index (χ1) is 14.2. The predicted molar refractivity (Wildman–Crippen MR) is 114 cm³/mol. The molecule has 0 aliphatic carbocycles. The van der Waals surface area contributed by atoms with E-state index in [1.54, 1.807) is 30.8 Å². The Morgan fingerprint density at radius 3 is 2.40 bits per heavy atom. The van der Waals surface area contributed by atoms with E-state index in [1.807, 2.05) is 18.2 Å². The summed E-state index contributed by atoms with van der Waals surface area (Å²) in [5, 5.41) is 6.34. The van der Waals surface area contributed by atoms with Crippen LogP contribution in [0.3, 0.4) is 0 Å². The predicted octanol–water partition coefficient (Wildman–Crippen LogP) is 3.82. The summed E-state index contributed by atoms with van der Waals surface area (Å²) in [5.74, 6) is 0. The largest absolute Gasteiger partial charge is 0.418 e. The fraction of sp³-hybridized carbons (Fsp3) is 0.150. The van der Waals surface area contributed by atoms with E-state index in [-0.39, 0.29) is 16.4 Å². The second kappa shape index (κ2) is 8.54. The normalized spacial score (nSPS) is 11.6. The first kappa shape index (κ1) is 21.3. The van der Waals surface area contributed by atoms with Crippen molar-refractivity contribution < 1.29 is 13.2 Å². The summed E-state index contributed by atoms with van der Waals surface area (Å²) in [6.45, 7) is 1.67. The fourth-order valence-electron chi connectivity index (χ4n) is 2.94. The van der Waals surface area contributed by atoms with Gasteiger partial charge in [-0.3, -0.25) is 14.9 Å². The first-order valence-electron chi connectivity index (χ1n) is 8.80. The molecule has 0 aliphatic rings. The summed E-state index contributed by atoms with van der Waals surface area (Å²) >= 11 is 5.03. The van der Waals surface area contributed by atoms with Crippen LogP contribution in [0.15, 0.2) is 64.5 Å². The minimum Gasteiger partial charge on any atom is -0.331 e. The number of anilines is 1. The molecule has 0 saturated carbocycles. The van der Waals surface area contributed by atoms with Crippen molar-refractivity contribution in [2.75, 3.05) is 5.32 Å². The minimum absolute atomic E-state index is 0.118. The number of nitrogens with one attached hydrogen (secondary N) is 2. The van der Waals surface area contributed by atoms with Gasteiger partial charge in [0, 0.05) is 12.6 Å². The number of hydrazone groups is 1. The van der Waals surface area contributed by atoms with Crippen molar-refractivity contribution in [1.82, 2.24) is 14.8 Å². The zero-order chi connectivity index (χ0) is 21.9. The van der Waals surface area contributed by atoms with Gasteiger partial charge < -0.3 is 5.32 Å². The molecule has 0 spiro atoms. The lowest BCUT2D eigenvalue weighted by Crippen LogP contribution is -2.25. The number of halogens is 3. The van der Waals surface area contributed by atoms with Crippen LogP contribution in [-0.2, 0) is 13.2 Å². The van der Waals surface area contributed by atoms with Crippen molar-refractivity contribution in [3.05, 3.63) is 81.8 Å². The third-order valence-corrected chi connectivity index (χ3v) is 4.57. The molecule has 2 N–H and O–H groups in total. The van der Waals surface area contributed by atoms with Crippen LogP contribution in [0.1, 0.15) is 16.8 Å². The van der Waals surface area contributed by atoms with Crippen molar-refractivity contribution >= 4 is 29.2 Å². The Balaban J connectivity index is 1.77. The number of para-hydroxylation sites is 2. The van der Waals surface area contributed by atoms with Gasteiger partial charge in [-0.05, 0) is 43.4 Å². The van der Waals surface area contributed by atoms with Gasteiger partial charge in [0.2, 0.25) is 0 Å². The summed E-state index contributed by atoms with van der Waals surface area (Å²) in [6, 6.07) is 14.1. The van der Waals surface area contributed by atoms with Crippen LogP contribution in [-0.4, -0.2) is 20.7 Å². The molecule has 0 aliphatic heterocycles. The van der Waals surface area contributed by atoms with Crippen molar-refractivity contribution in [3.63, 3.8) is 0 Å². The Bertz CT molecular complexity index is 1150. The molecule has 0 unspecified atom stereocenters. The lowest BCUT2D eigenvalue weighted by Gasteiger charge is -2.14. The number of benzene rings is 2. The van der Waals surface area contributed by atoms with E-state index >= 15 is 0 Å². The van der Waals surface area contributed by atoms with Gasteiger partial charge in [-0.1, -0.05) is 30.3 Å². The second-order valence-electron chi connectivity index (χ2n) is 6.35. The zero-order valence-electron chi connectivity index (χ0n) is 16.1. The third-order valence-electron chi connectivity index (χ3n) is 4.38. The SMILES string of the molecule is Cc1c(C=NNC(=S)Nc2ccccc2C(F)(F)F)n(C)n(-c2ccccc2)c1=O. The number of nitrogens with zero attached hydrogens (tertiary/aromatic N) is 3. The van der Waals surface area contributed by atoms with Gasteiger partial charge in [0.1, 0.15) is 0 Å². The maximum atomic E-state index is 13.1. The summed E-state index contributed by atoms with van der Waals surface area (Å²) in [5.41, 5.74) is 2.94. The standard InChI is InChI=1S/C20H18F3N5OS/c1-13-17(27(2)28(18(13)29)14-8-4-3-5-9-14)12-24-26-19(30)25-16-11-7-6-10-15(16)20(21,22)23/h3-12H,1-2H3,(H2,25,26,30). The van der Waals surface area contributed by atoms with Gasteiger partial charge in [0.05, 0.1) is 28.8 Å². The average Bonchev–Trinajstić information content (AvgIpc) is 2.91. The molecule has 30 heavy (non-hydrogen) atoms. The van der Waals surface area contributed by atoms with Crippen LogP contribution in [0.5, 0.6) is 0 Å². The zero-order valence-corrected chi connectivity index (χ0v) is 16.9. The molecule has 2 aromatic carbocycles. The van der Waals surface area contributed by atoms with Crippen LogP contribution in [0, 0.1) is 6.92 Å². The number of hydrogen-bond donors (Lipinski definition) is 2. The summed E-state index contributed by atoms with van der Waals surface area (Å²) in [7, 11) is 1.71. The van der Waals surface area contributed by atoms with Gasteiger partial charge in [0.15, 0.2) is 5.11 Å². The molecule has 0 saturated heterocycles. The van der Waals surface area contributed by atoms with Crippen LogP contribution in [0.25, 0.3) is 5.69 Å². The molecule has 1 aromatic heterocycles. The van der Waals surface area contributed by atoms with Gasteiger partial charge in [-0.15, -0.1) is 0 Å². The summed E-state index contributed by atoms with van der Waals surface area (Å²) < 4.78 is 42.3. The molecule has 1 heterocycles. The molecular weight excluding hydrogens is 415 g/mol. The van der Waals surface area contributed by atoms with Crippen molar-refractivity contribution in [2.24, 2.45) is 12.1 Å². The molecule has 0 amide bonds. The molecule has 3 rings (SSSR count). The number of alkyl halides is 3. The van der Waals surface area contributed by atoms with Crippen molar-refractivity contribution in [2.45, 2.75) is 13.1 Å². The lowest BCUT2D eigenvalue weighted by molar-refractivity contribution is -0.136. The number of hydrogen-bond acceptors (Lipinski definition) is 3. The van der Waals surface area contributed by atoms with Gasteiger partial charge in [-0.25, -0.2) is 4.68 Å². The van der Waals surface area contributed by atoms with E-state index in [4.69, 9.17) is 12.2 Å². The molecule has 0 atom stereocenters. The Kier molecular flexibility index (Phi) is 6.06. The molecule has 10 heteroatoms. The summed E-state index contributed by atoms with van der Waals surface area (Å²) in [6.07, 6.45) is -3.13. The minimum atomic E-state index is -4.52. The van der Waals surface area contributed by atoms with Crippen molar-refractivity contribution in [3.8, 4) is 5.69 Å². The highest BCUT2D eigenvalue weighted by molar-refractivity contribution is 7.80. The maximum absolute atomic E-state index is 13.1. The quantitative estimate of drug-likeness (QED) is 0.373. The molecule has 0 bridgehead atoms. The number of rotatable bonds is 4. The van der Waals surface area contributed by atoms with Crippen LogP contribution in [0.2, 0.25) is 0 Å². The highest BCUT2D eigenvalue weighted by Gasteiger charge is 2.33. The second-order valence-corrected chi connectivity index (χ2v) is 6.76. The molecule has 156 valence electrons. The van der Waals surface area contributed by atoms with Crippen molar-refractivity contribution in [1.29, 1.82) is 0 Å². The monoisotopic (exact) mass is 433 g/mol. The maximum Gasteiger partial charge on any atom is 0.418 e. The fourth-order valence-corrected chi connectivity index (χ4v) is 3.10. The highest BCUT2D eigenvalue weighted by atomic mass is 32.1. The Hall–Kier alpha value is -3.40. The summed E-state index contributed by atoms with van der Waals surface area (Å²) in [4.78, 5) is 12.6. The topological polar surface area (TPSA) is 63.4 Å². The molecule has 6 nitrogen and oxygen atoms in total. The Morgan fingerprint density at radius 1 is 1.10 bits per heavy atom. The van der Waals surface area contributed by atoms with E-state index in [0.29, 0.717) is 16.9 Å². The number of aromatic nitrogens is 2. The van der Waals surface area contributed by atoms with Crippen LogP contribution >= 0.6 is 12.2 Å². The number of thiocarbonyl (C=S) groups is 1. The van der Waals surface area contributed by atoms with E-state index < -0.39 is 11.7 Å². The third kappa shape index (κ3) is 4.43. The average molecular weight is 433 g/mol. The van der Waals surface area contributed by atoms with E-state index in [0.717, 1.165) is 6.07 Å². The van der Waals surface area contributed by atoms with E-state index in [2.05, 4.69) is 15.8 Å². The smallest absolute Gasteiger partial charge is 0.331 e. The molecule has 3 aromatic rings. The van der Waals surface area contributed by atoms with Gasteiger partial charge in [0.25, 0.3) is 5.56 Å². The van der Waals surface area contributed by atoms with E-state index in [1.165, 1.54) is 29.1 Å².